The molecule has 0 aliphatic rings. The maximum absolute atomic E-state index is 12.5. The SMILES string of the molecule is CCOC(=O)c1c(NC(=O)CSc2nnc(-c3cc(Br)ccc3O)n2C)sc(C)c1C. The number of nitrogens with one attached hydrogen (secondary N) is 1. The van der Waals surface area contributed by atoms with Crippen molar-refractivity contribution in [2.75, 3.05) is 17.7 Å². The fraction of sp³-hybridized carbons (Fsp3) is 0.300. The average molecular weight is 525 g/mol. The van der Waals surface area contributed by atoms with E-state index in [1.807, 2.05) is 13.8 Å². The number of phenols is 1. The quantitative estimate of drug-likeness (QED) is 0.345. The van der Waals surface area contributed by atoms with Gasteiger partial charge in [-0.05, 0) is 44.5 Å². The molecule has 0 atom stereocenters. The van der Waals surface area contributed by atoms with Crippen LogP contribution in [0.3, 0.4) is 0 Å². The summed E-state index contributed by atoms with van der Waals surface area (Å²) in [6, 6.07) is 5.05. The minimum atomic E-state index is -0.445. The molecule has 164 valence electrons. The topological polar surface area (TPSA) is 106 Å². The van der Waals surface area contributed by atoms with Crippen molar-refractivity contribution in [3.05, 3.63) is 38.7 Å². The van der Waals surface area contributed by atoms with Crippen LogP contribution in [0.5, 0.6) is 5.75 Å². The second-order valence-electron chi connectivity index (χ2n) is 6.57. The van der Waals surface area contributed by atoms with Crippen LogP contribution in [-0.4, -0.2) is 44.1 Å². The average Bonchev–Trinajstić information content (AvgIpc) is 3.21. The summed E-state index contributed by atoms with van der Waals surface area (Å²) in [5.41, 5.74) is 1.73. The normalized spacial score (nSPS) is 10.9. The number of nitrogens with zero attached hydrogens (tertiary/aromatic N) is 3. The smallest absolute Gasteiger partial charge is 0.341 e. The lowest BCUT2D eigenvalue weighted by atomic mass is 10.1. The van der Waals surface area contributed by atoms with Crippen LogP contribution in [0.1, 0.15) is 27.7 Å². The van der Waals surface area contributed by atoms with Crippen molar-refractivity contribution in [3.63, 3.8) is 0 Å². The zero-order valence-corrected chi connectivity index (χ0v) is 20.6. The highest BCUT2D eigenvalue weighted by Gasteiger charge is 2.22. The predicted octanol–water partition coefficient (Wildman–Crippen LogP) is 4.54. The van der Waals surface area contributed by atoms with E-state index in [0.717, 1.165) is 14.9 Å². The van der Waals surface area contributed by atoms with E-state index in [4.69, 9.17) is 4.74 Å². The number of halogens is 1. The standard InChI is InChI=1S/C20H21BrN4O4S2/c1-5-29-19(28)16-10(2)11(3)31-18(16)22-15(27)9-30-20-24-23-17(25(20)4)13-8-12(21)6-7-14(13)26/h6-8,26H,5,9H2,1-4H3,(H,22,27). The molecule has 11 heteroatoms. The second-order valence-corrected chi connectivity index (χ2v) is 9.65. The number of phenolic OH excluding ortho intramolecular Hbond substituents is 1. The predicted molar refractivity (Wildman–Crippen MR) is 125 cm³/mol. The summed E-state index contributed by atoms with van der Waals surface area (Å²) in [5, 5.41) is 22.2. The summed E-state index contributed by atoms with van der Waals surface area (Å²) >= 11 is 5.93. The molecule has 0 aliphatic carbocycles. The Labute approximate surface area is 196 Å². The molecule has 0 saturated carbocycles. The molecule has 3 aromatic rings. The van der Waals surface area contributed by atoms with Gasteiger partial charge in [0.1, 0.15) is 10.8 Å². The third-order valence-electron chi connectivity index (χ3n) is 4.48. The van der Waals surface area contributed by atoms with E-state index in [2.05, 4.69) is 31.4 Å². The minimum absolute atomic E-state index is 0.0781. The van der Waals surface area contributed by atoms with Crippen LogP contribution in [0.4, 0.5) is 5.00 Å². The first-order valence-corrected chi connectivity index (χ1v) is 11.9. The van der Waals surface area contributed by atoms with Gasteiger partial charge in [0.05, 0.1) is 23.5 Å². The van der Waals surface area contributed by atoms with Crippen LogP contribution in [0.25, 0.3) is 11.4 Å². The molecule has 3 rings (SSSR count). The highest BCUT2D eigenvalue weighted by atomic mass is 79.9. The number of thiophene rings is 1. The molecule has 1 amide bonds. The molecular formula is C20H21BrN4O4S2. The summed E-state index contributed by atoms with van der Waals surface area (Å²) in [7, 11) is 1.76. The molecule has 1 aromatic carbocycles. The van der Waals surface area contributed by atoms with E-state index < -0.39 is 5.97 Å². The first-order valence-electron chi connectivity index (χ1n) is 9.31. The number of ether oxygens (including phenoxy) is 1. The summed E-state index contributed by atoms with van der Waals surface area (Å²) in [6.07, 6.45) is 0. The van der Waals surface area contributed by atoms with Crippen molar-refractivity contribution in [2.24, 2.45) is 7.05 Å². The van der Waals surface area contributed by atoms with Crippen molar-refractivity contribution >= 4 is 55.9 Å². The molecule has 0 fully saturated rings. The summed E-state index contributed by atoms with van der Waals surface area (Å²) in [5.74, 6) is -0.0706. The fourth-order valence-corrected chi connectivity index (χ4v) is 4.96. The Morgan fingerprint density at radius 2 is 2.06 bits per heavy atom. The number of carbonyl (C=O) groups excluding carboxylic acids is 2. The van der Waals surface area contributed by atoms with Gasteiger partial charge in [-0.1, -0.05) is 27.7 Å². The fourth-order valence-electron chi connectivity index (χ4n) is 2.82. The van der Waals surface area contributed by atoms with Crippen LogP contribution in [0, 0.1) is 13.8 Å². The van der Waals surface area contributed by atoms with Gasteiger partial charge >= 0.3 is 5.97 Å². The molecule has 8 nitrogen and oxygen atoms in total. The highest BCUT2D eigenvalue weighted by Crippen LogP contribution is 2.34. The molecule has 2 heterocycles. The van der Waals surface area contributed by atoms with E-state index in [1.54, 1.807) is 36.7 Å². The molecule has 0 aliphatic heterocycles. The summed E-state index contributed by atoms with van der Waals surface area (Å²) < 4.78 is 7.63. The molecule has 0 unspecified atom stereocenters. The number of aromatic hydroxyl groups is 1. The van der Waals surface area contributed by atoms with E-state index >= 15 is 0 Å². The number of aryl methyl sites for hydroxylation is 1. The lowest BCUT2D eigenvalue weighted by Gasteiger charge is -2.08. The van der Waals surface area contributed by atoms with Gasteiger partial charge in [-0.15, -0.1) is 21.5 Å². The van der Waals surface area contributed by atoms with Crippen LogP contribution in [0.2, 0.25) is 0 Å². The number of carbonyl (C=O) groups is 2. The second kappa shape index (κ2) is 9.84. The van der Waals surface area contributed by atoms with Crippen LogP contribution in [-0.2, 0) is 16.6 Å². The number of rotatable bonds is 7. The Bertz CT molecular complexity index is 1140. The van der Waals surface area contributed by atoms with Crippen LogP contribution in [0.15, 0.2) is 27.8 Å². The number of hydrogen-bond acceptors (Lipinski definition) is 8. The van der Waals surface area contributed by atoms with E-state index in [-0.39, 0.29) is 24.0 Å². The Morgan fingerprint density at radius 1 is 1.32 bits per heavy atom. The maximum atomic E-state index is 12.5. The maximum Gasteiger partial charge on any atom is 0.341 e. The first kappa shape index (κ1) is 23.3. The van der Waals surface area contributed by atoms with Gasteiger partial charge in [-0.25, -0.2) is 4.79 Å². The number of esters is 1. The third kappa shape index (κ3) is 5.10. The molecule has 0 radical (unpaired) electrons. The van der Waals surface area contributed by atoms with Gasteiger partial charge in [-0.3, -0.25) is 4.79 Å². The van der Waals surface area contributed by atoms with Crippen molar-refractivity contribution in [1.29, 1.82) is 0 Å². The Morgan fingerprint density at radius 3 is 2.77 bits per heavy atom. The zero-order valence-electron chi connectivity index (χ0n) is 17.4. The van der Waals surface area contributed by atoms with Crippen LogP contribution >= 0.6 is 39.0 Å². The molecule has 0 bridgehead atoms. The van der Waals surface area contributed by atoms with Gasteiger partial charge in [-0.2, -0.15) is 0 Å². The molecule has 2 N–H and O–H groups in total. The third-order valence-corrected chi connectivity index (χ3v) is 7.12. The summed E-state index contributed by atoms with van der Waals surface area (Å²) in [6.45, 7) is 5.73. The molecular weight excluding hydrogens is 504 g/mol. The number of anilines is 1. The van der Waals surface area contributed by atoms with Crippen molar-refractivity contribution in [2.45, 2.75) is 25.9 Å². The van der Waals surface area contributed by atoms with E-state index in [0.29, 0.717) is 27.1 Å². The van der Waals surface area contributed by atoms with Crippen molar-refractivity contribution in [1.82, 2.24) is 14.8 Å². The largest absolute Gasteiger partial charge is 0.507 e. The molecule has 2 aromatic heterocycles. The van der Waals surface area contributed by atoms with E-state index in [1.165, 1.54) is 23.1 Å². The number of amides is 1. The number of thioether (sulfide) groups is 1. The number of aromatic nitrogens is 3. The van der Waals surface area contributed by atoms with Gasteiger partial charge in [0.2, 0.25) is 5.91 Å². The number of hydrogen-bond donors (Lipinski definition) is 2. The van der Waals surface area contributed by atoms with Gasteiger partial charge in [0, 0.05) is 16.4 Å². The Balaban J connectivity index is 1.72. The first-order chi connectivity index (χ1) is 14.7. The van der Waals surface area contributed by atoms with Gasteiger partial charge < -0.3 is 19.7 Å². The lowest BCUT2D eigenvalue weighted by Crippen LogP contribution is -2.16. The highest BCUT2D eigenvalue weighted by molar-refractivity contribution is 9.10. The Kier molecular flexibility index (Phi) is 7.39. The zero-order chi connectivity index (χ0) is 22.7. The van der Waals surface area contributed by atoms with E-state index in [9.17, 15) is 14.7 Å². The Hall–Kier alpha value is -2.37. The molecule has 0 saturated heterocycles. The minimum Gasteiger partial charge on any atom is -0.507 e. The lowest BCUT2D eigenvalue weighted by molar-refractivity contribution is -0.113. The van der Waals surface area contributed by atoms with Gasteiger partial charge in [0.15, 0.2) is 11.0 Å². The molecule has 31 heavy (non-hydrogen) atoms. The molecule has 0 spiro atoms. The number of benzene rings is 1. The van der Waals surface area contributed by atoms with Crippen LogP contribution < -0.4 is 5.32 Å². The van der Waals surface area contributed by atoms with Gasteiger partial charge in [0.25, 0.3) is 0 Å². The summed E-state index contributed by atoms with van der Waals surface area (Å²) in [4.78, 5) is 25.8. The van der Waals surface area contributed by atoms with Crippen molar-refractivity contribution in [3.8, 4) is 17.1 Å². The monoisotopic (exact) mass is 524 g/mol. The van der Waals surface area contributed by atoms with Crippen molar-refractivity contribution < 1.29 is 19.4 Å².